The molecule has 82 valence electrons. The van der Waals surface area contributed by atoms with Gasteiger partial charge in [-0.25, -0.2) is 4.98 Å². The molecule has 0 radical (unpaired) electrons. The Morgan fingerprint density at radius 3 is 2.80 bits per heavy atom. The van der Waals surface area contributed by atoms with E-state index >= 15 is 0 Å². The number of fused-ring (bicyclic) bond motifs is 1. The summed E-state index contributed by atoms with van der Waals surface area (Å²) in [6, 6.07) is 0. The lowest BCUT2D eigenvalue weighted by Crippen LogP contribution is -2.16. The van der Waals surface area contributed by atoms with Gasteiger partial charge in [-0.3, -0.25) is 0 Å². The van der Waals surface area contributed by atoms with Crippen molar-refractivity contribution < 1.29 is 0 Å². The smallest absolute Gasteiger partial charge is 0.227 e. The van der Waals surface area contributed by atoms with Crippen LogP contribution in [0.5, 0.6) is 0 Å². The van der Waals surface area contributed by atoms with E-state index in [1.807, 2.05) is 30.8 Å². The van der Waals surface area contributed by atoms with E-state index in [0.29, 0.717) is 0 Å². The second-order valence-corrected chi connectivity index (χ2v) is 4.70. The zero-order valence-corrected chi connectivity index (χ0v) is 10.2. The SMILES string of the molecule is CCNc1nc(N(C)C)nc2c1CSC2. The fourth-order valence-corrected chi connectivity index (χ4v) is 2.59. The number of rotatable bonds is 3. The van der Waals surface area contributed by atoms with Crippen LogP contribution in [0.3, 0.4) is 0 Å². The van der Waals surface area contributed by atoms with E-state index in [4.69, 9.17) is 0 Å². The monoisotopic (exact) mass is 224 g/mol. The van der Waals surface area contributed by atoms with E-state index in [2.05, 4.69) is 22.2 Å². The Morgan fingerprint density at radius 2 is 2.13 bits per heavy atom. The van der Waals surface area contributed by atoms with Crippen LogP contribution in [0.25, 0.3) is 0 Å². The van der Waals surface area contributed by atoms with E-state index in [9.17, 15) is 0 Å². The largest absolute Gasteiger partial charge is 0.370 e. The number of nitrogens with one attached hydrogen (secondary N) is 1. The van der Waals surface area contributed by atoms with Gasteiger partial charge in [0.15, 0.2) is 0 Å². The van der Waals surface area contributed by atoms with Crippen LogP contribution >= 0.6 is 11.8 Å². The van der Waals surface area contributed by atoms with Crippen molar-refractivity contribution in [2.24, 2.45) is 0 Å². The van der Waals surface area contributed by atoms with Gasteiger partial charge in [0.05, 0.1) is 5.69 Å². The molecule has 0 aromatic carbocycles. The van der Waals surface area contributed by atoms with E-state index in [0.717, 1.165) is 29.8 Å². The first kappa shape index (κ1) is 10.5. The van der Waals surface area contributed by atoms with Crippen LogP contribution in [0, 0.1) is 0 Å². The van der Waals surface area contributed by atoms with Gasteiger partial charge >= 0.3 is 0 Å². The molecule has 0 amide bonds. The van der Waals surface area contributed by atoms with Crippen molar-refractivity contribution >= 4 is 23.5 Å². The summed E-state index contributed by atoms with van der Waals surface area (Å²) in [5.74, 6) is 3.85. The summed E-state index contributed by atoms with van der Waals surface area (Å²) in [5.41, 5.74) is 2.47. The third-order valence-corrected chi connectivity index (χ3v) is 3.28. The molecule has 1 aromatic rings. The molecule has 0 fully saturated rings. The quantitative estimate of drug-likeness (QED) is 0.846. The summed E-state index contributed by atoms with van der Waals surface area (Å²) in [5, 5.41) is 3.31. The zero-order chi connectivity index (χ0) is 10.8. The summed E-state index contributed by atoms with van der Waals surface area (Å²) in [7, 11) is 3.94. The van der Waals surface area contributed by atoms with E-state index in [1.54, 1.807) is 0 Å². The van der Waals surface area contributed by atoms with Crippen molar-refractivity contribution in [2.75, 3.05) is 30.9 Å². The number of anilines is 2. The highest BCUT2D eigenvalue weighted by molar-refractivity contribution is 7.98. The molecule has 4 nitrogen and oxygen atoms in total. The van der Waals surface area contributed by atoms with Crippen molar-refractivity contribution in [1.29, 1.82) is 0 Å². The Kier molecular flexibility index (Phi) is 3.00. The lowest BCUT2D eigenvalue weighted by molar-refractivity contribution is 0.958. The molecule has 0 saturated carbocycles. The van der Waals surface area contributed by atoms with Crippen LogP contribution < -0.4 is 10.2 Å². The van der Waals surface area contributed by atoms with Crippen molar-refractivity contribution in [3.8, 4) is 0 Å². The average Bonchev–Trinajstić information content (AvgIpc) is 2.65. The second kappa shape index (κ2) is 4.26. The maximum absolute atomic E-state index is 4.55. The summed E-state index contributed by atoms with van der Waals surface area (Å²) >= 11 is 1.90. The summed E-state index contributed by atoms with van der Waals surface area (Å²) < 4.78 is 0. The van der Waals surface area contributed by atoms with Crippen LogP contribution in [0.15, 0.2) is 0 Å². The van der Waals surface area contributed by atoms with Crippen LogP contribution in [-0.4, -0.2) is 30.6 Å². The summed E-state index contributed by atoms with van der Waals surface area (Å²) in [6.45, 7) is 2.99. The van der Waals surface area contributed by atoms with Gasteiger partial charge in [0, 0.05) is 37.7 Å². The van der Waals surface area contributed by atoms with E-state index in [1.165, 1.54) is 11.3 Å². The van der Waals surface area contributed by atoms with Gasteiger partial charge in [0.25, 0.3) is 0 Å². The van der Waals surface area contributed by atoms with Gasteiger partial charge in [-0.2, -0.15) is 16.7 Å². The fraction of sp³-hybridized carbons (Fsp3) is 0.600. The van der Waals surface area contributed by atoms with Crippen molar-refractivity contribution in [3.05, 3.63) is 11.3 Å². The van der Waals surface area contributed by atoms with Gasteiger partial charge in [0.1, 0.15) is 5.82 Å². The summed E-state index contributed by atoms with van der Waals surface area (Å²) in [4.78, 5) is 11.0. The predicted octanol–water partition coefficient (Wildman–Crippen LogP) is 1.72. The highest BCUT2D eigenvalue weighted by Crippen LogP contribution is 2.33. The zero-order valence-electron chi connectivity index (χ0n) is 9.37. The summed E-state index contributed by atoms with van der Waals surface area (Å²) in [6.07, 6.45) is 0. The van der Waals surface area contributed by atoms with Gasteiger partial charge in [-0.05, 0) is 6.92 Å². The van der Waals surface area contributed by atoms with E-state index < -0.39 is 0 Å². The van der Waals surface area contributed by atoms with Crippen molar-refractivity contribution in [2.45, 2.75) is 18.4 Å². The third kappa shape index (κ3) is 2.02. The Balaban J connectivity index is 2.43. The molecule has 0 spiro atoms. The van der Waals surface area contributed by atoms with Gasteiger partial charge < -0.3 is 10.2 Å². The van der Waals surface area contributed by atoms with E-state index in [-0.39, 0.29) is 0 Å². The number of hydrogen-bond donors (Lipinski definition) is 1. The molecule has 1 aliphatic heterocycles. The maximum Gasteiger partial charge on any atom is 0.227 e. The van der Waals surface area contributed by atoms with Crippen LogP contribution in [-0.2, 0) is 11.5 Å². The molecule has 1 aliphatic rings. The van der Waals surface area contributed by atoms with Gasteiger partial charge in [0.2, 0.25) is 5.95 Å². The number of nitrogens with zero attached hydrogens (tertiary/aromatic N) is 3. The normalized spacial score (nSPS) is 13.8. The molecule has 0 aliphatic carbocycles. The molecule has 5 heteroatoms. The topological polar surface area (TPSA) is 41.1 Å². The minimum absolute atomic E-state index is 0.798. The lowest BCUT2D eigenvalue weighted by atomic mass is 10.2. The molecule has 0 unspecified atom stereocenters. The Hall–Kier alpha value is -0.970. The van der Waals surface area contributed by atoms with Crippen LogP contribution in [0.2, 0.25) is 0 Å². The minimum Gasteiger partial charge on any atom is -0.370 e. The molecular weight excluding hydrogens is 208 g/mol. The van der Waals surface area contributed by atoms with Crippen LogP contribution in [0.1, 0.15) is 18.2 Å². The molecular formula is C10H16N4S. The molecule has 15 heavy (non-hydrogen) atoms. The maximum atomic E-state index is 4.55. The third-order valence-electron chi connectivity index (χ3n) is 2.31. The first-order valence-electron chi connectivity index (χ1n) is 5.11. The molecule has 2 rings (SSSR count). The minimum atomic E-state index is 0.798. The molecule has 0 bridgehead atoms. The first-order chi connectivity index (χ1) is 7.22. The Bertz CT molecular complexity index is 365. The second-order valence-electron chi connectivity index (χ2n) is 3.72. The van der Waals surface area contributed by atoms with Gasteiger partial charge in [-0.1, -0.05) is 0 Å². The predicted molar refractivity (Wildman–Crippen MR) is 65.5 cm³/mol. The number of aromatic nitrogens is 2. The van der Waals surface area contributed by atoms with Gasteiger partial charge in [-0.15, -0.1) is 0 Å². The number of hydrogen-bond acceptors (Lipinski definition) is 5. The highest BCUT2D eigenvalue weighted by Gasteiger charge is 2.19. The molecule has 1 aromatic heterocycles. The standard InChI is InChI=1S/C10H16N4S/c1-4-11-9-7-5-15-6-8(7)12-10(13-9)14(2)3/h4-6H2,1-3H3,(H,11,12,13). The fourth-order valence-electron chi connectivity index (χ4n) is 1.55. The number of thioether (sulfide) groups is 1. The average molecular weight is 224 g/mol. The molecule has 0 atom stereocenters. The van der Waals surface area contributed by atoms with Crippen LogP contribution in [0.4, 0.5) is 11.8 Å². The molecule has 0 saturated heterocycles. The molecule has 2 heterocycles. The van der Waals surface area contributed by atoms with Crippen molar-refractivity contribution in [1.82, 2.24) is 9.97 Å². The van der Waals surface area contributed by atoms with Crippen molar-refractivity contribution in [3.63, 3.8) is 0 Å². The first-order valence-corrected chi connectivity index (χ1v) is 6.26. The Labute approximate surface area is 94.5 Å². The lowest BCUT2D eigenvalue weighted by Gasteiger charge is -2.14. The molecule has 1 N–H and O–H groups in total. The highest BCUT2D eigenvalue weighted by atomic mass is 32.2. The Morgan fingerprint density at radius 1 is 1.33 bits per heavy atom.